The molecule has 10 nitrogen and oxygen atoms in total. The van der Waals surface area contributed by atoms with Crippen LogP contribution in [0.1, 0.15) is 16.7 Å². The summed E-state index contributed by atoms with van der Waals surface area (Å²) < 4.78 is 11.4. The molecule has 0 unspecified atom stereocenters. The third-order valence-electron chi connectivity index (χ3n) is 7.59. The Kier molecular flexibility index (Phi) is 8.00. The van der Waals surface area contributed by atoms with Crippen LogP contribution < -0.4 is 19.3 Å². The van der Waals surface area contributed by atoms with Gasteiger partial charge in [-0.1, -0.05) is 60.2 Å². The number of aryl methyl sites for hydroxylation is 1. The Morgan fingerprint density at radius 2 is 1.48 bits per heavy atom. The van der Waals surface area contributed by atoms with E-state index in [0.717, 1.165) is 20.7 Å². The molecule has 1 saturated heterocycles. The summed E-state index contributed by atoms with van der Waals surface area (Å²) in [6.07, 6.45) is 1.43. The van der Waals surface area contributed by atoms with E-state index in [1.54, 1.807) is 66.7 Å². The van der Waals surface area contributed by atoms with E-state index in [2.05, 4.69) is 0 Å². The fraction of sp³-hybridized carbons (Fsp3) is 0.0833. The number of hydrogen-bond acceptors (Lipinski definition) is 7. The van der Waals surface area contributed by atoms with Gasteiger partial charge in [0.1, 0.15) is 12.2 Å². The Balaban J connectivity index is 1.37. The minimum Gasteiger partial charge on any atom is -0.493 e. The first-order chi connectivity index (χ1) is 22.2. The van der Waals surface area contributed by atoms with E-state index < -0.39 is 22.8 Å². The number of methoxy groups -OCH3 is 1. The average Bonchev–Trinajstić information content (AvgIpc) is 3.07. The number of ether oxygens (including phenoxy) is 2. The van der Waals surface area contributed by atoms with Gasteiger partial charge in [-0.25, -0.2) is 14.6 Å². The van der Waals surface area contributed by atoms with E-state index in [1.807, 2.05) is 37.3 Å². The van der Waals surface area contributed by atoms with Gasteiger partial charge in [0.15, 0.2) is 11.5 Å². The summed E-state index contributed by atoms with van der Waals surface area (Å²) in [6, 6.07) is 29.8. The van der Waals surface area contributed by atoms with E-state index in [1.165, 1.54) is 25.3 Å². The van der Waals surface area contributed by atoms with Crippen LogP contribution in [0.15, 0.2) is 115 Å². The maximum atomic E-state index is 14.1. The number of nitro groups is 1. The van der Waals surface area contributed by atoms with Gasteiger partial charge >= 0.3 is 6.03 Å². The van der Waals surface area contributed by atoms with E-state index >= 15 is 0 Å². The van der Waals surface area contributed by atoms with Crippen molar-refractivity contribution >= 4 is 51.8 Å². The Hall–Kier alpha value is -6.29. The number of anilines is 2. The van der Waals surface area contributed by atoms with E-state index in [9.17, 15) is 24.5 Å². The van der Waals surface area contributed by atoms with E-state index in [4.69, 9.17) is 9.47 Å². The van der Waals surface area contributed by atoms with Crippen LogP contribution >= 0.6 is 0 Å². The Bertz CT molecular complexity index is 2030. The van der Waals surface area contributed by atoms with Crippen molar-refractivity contribution in [3.63, 3.8) is 0 Å². The van der Waals surface area contributed by atoms with Gasteiger partial charge in [0.25, 0.3) is 17.5 Å². The second-order valence-electron chi connectivity index (χ2n) is 10.6. The third-order valence-corrected chi connectivity index (χ3v) is 7.59. The summed E-state index contributed by atoms with van der Waals surface area (Å²) in [6.45, 7) is 2.02. The molecule has 1 aliphatic heterocycles. The van der Waals surface area contributed by atoms with Crippen molar-refractivity contribution in [1.82, 2.24) is 0 Å². The van der Waals surface area contributed by atoms with Crippen LogP contribution in [0.3, 0.4) is 0 Å². The molecule has 10 heteroatoms. The van der Waals surface area contributed by atoms with Gasteiger partial charge in [0, 0.05) is 17.5 Å². The van der Waals surface area contributed by atoms with Crippen LogP contribution in [-0.4, -0.2) is 29.9 Å². The topological polar surface area (TPSA) is 119 Å². The number of carbonyl (C=O) groups excluding carboxylic acids is 3. The Morgan fingerprint density at radius 1 is 0.783 bits per heavy atom. The maximum Gasteiger partial charge on any atom is 0.343 e. The monoisotopic (exact) mass is 613 g/mol. The third kappa shape index (κ3) is 5.67. The maximum absolute atomic E-state index is 14.1. The highest BCUT2D eigenvalue weighted by molar-refractivity contribution is 6.46. The summed E-state index contributed by atoms with van der Waals surface area (Å²) in [5.74, 6) is -0.789. The molecule has 228 valence electrons. The molecule has 6 rings (SSSR count). The first-order valence-corrected chi connectivity index (χ1v) is 14.3. The molecule has 0 atom stereocenters. The van der Waals surface area contributed by atoms with Crippen molar-refractivity contribution in [2.75, 3.05) is 16.9 Å². The summed E-state index contributed by atoms with van der Waals surface area (Å²) in [5, 5.41) is 12.5. The highest BCUT2D eigenvalue weighted by Crippen LogP contribution is 2.35. The lowest BCUT2D eigenvalue weighted by molar-refractivity contribution is -0.384. The SMILES string of the molecule is COc1cc(/C=C2\C(=O)N(c3ccc(C)cc3)C(=O)N(c3cccc4ccccc34)C2=O)ccc1OCc1ccc([N+](=O)[O-])cc1. The molecular formula is C36H27N3O7. The number of hydrogen-bond donors (Lipinski definition) is 0. The molecule has 5 aromatic rings. The van der Waals surface area contributed by atoms with Crippen LogP contribution in [0.5, 0.6) is 11.5 Å². The number of benzene rings is 5. The van der Waals surface area contributed by atoms with Crippen LogP contribution in [0.25, 0.3) is 16.8 Å². The van der Waals surface area contributed by atoms with Gasteiger partial charge in [-0.15, -0.1) is 0 Å². The van der Waals surface area contributed by atoms with Gasteiger partial charge < -0.3 is 9.47 Å². The molecule has 0 spiro atoms. The Labute approximate surface area is 263 Å². The molecule has 1 fully saturated rings. The highest BCUT2D eigenvalue weighted by Gasteiger charge is 2.44. The van der Waals surface area contributed by atoms with Crippen molar-refractivity contribution in [3.8, 4) is 11.5 Å². The number of imide groups is 2. The Morgan fingerprint density at radius 3 is 2.20 bits per heavy atom. The molecule has 46 heavy (non-hydrogen) atoms. The quantitative estimate of drug-likeness (QED) is 0.0784. The normalized spacial score (nSPS) is 14.2. The summed E-state index contributed by atoms with van der Waals surface area (Å²) >= 11 is 0. The lowest BCUT2D eigenvalue weighted by atomic mass is 10.0. The minimum absolute atomic E-state index is 0.0211. The fourth-order valence-corrected chi connectivity index (χ4v) is 5.20. The lowest BCUT2D eigenvalue weighted by Gasteiger charge is -2.34. The van der Waals surface area contributed by atoms with Gasteiger partial charge in [0.2, 0.25) is 0 Å². The first-order valence-electron chi connectivity index (χ1n) is 14.3. The van der Waals surface area contributed by atoms with Crippen LogP contribution in [0.2, 0.25) is 0 Å². The molecule has 0 N–H and O–H groups in total. The van der Waals surface area contributed by atoms with Crippen molar-refractivity contribution in [2.45, 2.75) is 13.5 Å². The average molecular weight is 614 g/mol. The van der Waals surface area contributed by atoms with Crippen LogP contribution in [-0.2, 0) is 16.2 Å². The zero-order valence-electron chi connectivity index (χ0n) is 24.9. The molecule has 0 aliphatic carbocycles. The van der Waals surface area contributed by atoms with Crippen LogP contribution in [0.4, 0.5) is 21.9 Å². The summed E-state index contributed by atoms with van der Waals surface area (Å²) in [7, 11) is 1.46. The molecule has 1 heterocycles. The zero-order valence-corrected chi connectivity index (χ0v) is 24.9. The number of nitrogens with zero attached hydrogens (tertiary/aromatic N) is 3. The zero-order chi connectivity index (χ0) is 32.4. The number of fused-ring (bicyclic) bond motifs is 1. The molecular weight excluding hydrogens is 586 g/mol. The van der Waals surface area contributed by atoms with Crippen molar-refractivity contribution in [1.29, 1.82) is 0 Å². The van der Waals surface area contributed by atoms with Crippen molar-refractivity contribution in [3.05, 3.63) is 142 Å². The van der Waals surface area contributed by atoms with Crippen molar-refractivity contribution in [2.24, 2.45) is 0 Å². The summed E-state index contributed by atoms with van der Waals surface area (Å²) in [4.78, 5) is 54.5. The lowest BCUT2D eigenvalue weighted by Crippen LogP contribution is -2.57. The van der Waals surface area contributed by atoms with Gasteiger partial charge in [-0.3, -0.25) is 19.7 Å². The first kappa shape index (κ1) is 29.8. The number of rotatable bonds is 8. The van der Waals surface area contributed by atoms with E-state index in [-0.39, 0.29) is 17.9 Å². The largest absolute Gasteiger partial charge is 0.493 e. The molecule has 0 aromatic heterocycles. The predicted molar refractivity (Wildman–Crippen MR) is 174 cm³/mol. The van der Waals surface area contributed by atoms with Gasteiger partial charge in [0.05, 0.1) is 23.4 Å². The van der Waals surface area contributed by atoms with Crippen molar-refractivity contribution < 1.29 is 28.8 Å². The molecule has 0 radical (unpaired) electrons. The molecule has 1 aliphatic rings. The second kappa shape index (κ2) is 12.4. The second-order valence-corrected chi connectivity index (χ2v) is 10.6. The van der Waals surface area contributed by atoms with Gasteiger partial charge in [-0.05, 0) is 72.0 Å². The molecule has 5 aromatic carbocycles. The summed E-state index contributed by atoms with van der Waals surface area (Å²) in [5.41, 5.74) is 2.58. The number of barbiturate groups is 1. The highest BCUT2D eigenvalue weighted by atomic mass is 16.6. The predicted octanol–water partition coefficient (Wildman–Crippen LogP) is 7.23. The number of urea groups is 1. The van der Waals surface area contributed by atoms with E-state index in [0.29, 0.717) is 39.4 Å². The molecule has 0 bridgehead atoms. The van der Waals surface area contributed by atoms with Gasteiger partial charge in [-0.2, -0.15) is 0 Å². The minimum atomic E-state index is -0.778. The number of amides is 4. The number of carbonyl (C=O) groups is 3. The van der Waals surface area contributed by atoms with Crippen LogP contribution in [0, 0.1) is 17.0 Å². The molecule has 4 amide bonds. The number of non-ortho nitro benzene ring substituents is 1. The fourth-order valence-electron chi connectivity index (χ4n) is 5.20. The number of nitro benzene ring substituents is 1. The molecule has 0 saturated carbocycles. The smallest absolute Gasteiger partial charge is 0.343 e. The standard InChI is InChI=1S/C36H27N3O7/c1-23-10-15-27(16-11-23)37-34(40)30(35(41)38(36(37)42)31-9-5-7-26-6-3-4-8-29(26)31)20-25-14-19-32(33(21-25)45-2)46-22-24-12-17-28(18-13-24)39(43)44/h3-21H,22H2,1-2H3/b30-20+.